The molecule has 28 heavy (non-hydrogen) atoms. The lowest BCUT2D eigenvalue weighted by atomic mass is 10.1. The standard InChI is InChI=1S/C23H31N3O2/c1-7-19-8-10-20(11-9-19)24-23(28)18(5)26(6)14-21(27)25-22-16(3)12-15(2)13-17(22)4/h8-13,18H,7,14H2,1-6H3,(H,24,28)(H,25,27). The molecule has 2 aromatic rings. The van der Waals surface area contributed by atoms with Crippen molar-refractivity contribution >= 4 is 23.2 Å². The quantitative estimate of drug-likeness (QED) is 0.760. The van der Waals surface area contributed by atoms with Gasteiger partial charge < -0.3 is 10.6 Å². The minimum Gasteiger partial charge on any atom is -0.325 e. The zero-order valence-corrected chi connectivity index (χ0v) is 17.7. The van der Waals surface area contributed by atoms with E-state index in [9.17, 15) is 9.59 Å². The van der Waals surface area contributed by atoms with Gasteiger partial charge in [0.05, 0.1) is 12.6 Å². The number of amides is 2. The van der Waals surface area contributed by atoms with Crippen LogP contribution in [0, 0.1) is 20.8 Å². The number of carbonyl (C=O) groups is 2. The maximum absolute atomic E-state index is 12.5. The maximum atomic E-state index is 12.5. The van der Waals surface area contributed by atoms with Crippen molar-refractivity contribution in [3.63, 3.8) is 0 Å². The zero-order chi connectivity index (χ0) is 20.8. The highest BCUT2D eigenvalue weighted by molar-refractivity contribution is 5.96. The predicted octanol–water partition coefficient (Wildman–Crippen LogP) is 4.07. The molecule has 0 aliphatic heterocycles. The molecule has 5 heteroatoms. The molecule has 0 saturated carbocycles. The average molecular weight is 382 g/mol. The van der Waals surface area contributed by atoms with E-state index in [0.717, 1.165) is 28.9 Å². The van der Waals surface area contributed by atoms with Gasteiger partial charge in [-0.1, -0.05) is 36.8 Å². The van der Waals surface area contributed by atoms with Gasteiger partial charge in [0.25, 0.3) is 0 Å². The Morgan fingerprint density at radius 1 is 1.00 bits per heavy atom. The normalized spacial score (nSPS) is 12.0. The minimum absolute atomic E-state index is 0.135. The molecule has 1 unspecified atom stereocenters. The van der Waals surface area contributed by atoms with Crippen LogP contribution in [0.5, 0.6) is 0 Å². The van der Waals surface area contributed by atoms with Gasteiger partial charge in [-0.25, -0.2) is 0 Å². The number of anilines is 2. The third-order valence-corrected chi connectivity index (χ3v) is 5.00. The van der Waals surface area contributed by atoms with Crippen LogP contribution in [0.3, 0.4) is 0 Å². The first kappa shape index (κ1) is 21.6. The number of likely N-dealkylation sites (N-methyl/N-ethyl adjacent to an activating group) is 1. The second-order valence-electron chi connectivity index (χ2n) is 7.45. The van der Waals surface area contributed by atoms with E-state index >= 15 is 0 Å². The van der Waals surface area contributed by atoms with E-state index in [1.54, 1.807) is 18.9 Å². The fraction of sp³-hybridized carbons (Fsp3) is 0.391. The van der Waals surface area contributed by atoms with Crippen LogP contribution in [0.25, 0.3) is 0 Å². The summed E-state index contributed by atoms with van der Waals surface area (Å²) in [6, 6.07) is 11.5. The Labute approximate surface area is 168 Å². The van der Waals surface area contributed by atoms with Gasteiger partial charge in [-0.3, -0.25) is 14.5 Å². The molecule has 0 aliphatic carbocycles. The third kappa shape index (κ3) is 5.67. The molecule has 0 heterocycles. The van der Waals surface area contributed by atoms with Crippen molar-refractivity contribution in [1.29, 1.82) is 0 Å². The molecule has 2 amide bonds. The first-order valence-electron chi connectivity index (χ1n) is 9.69. The number of carbonyl (C=O) groups excluding carboxylic acids is 2. The molecule has 2 rings (SSSR count). The second kappa shape index (κ2) is 9.51. The van der Waals surface area contributed by atoms with Crippen LogP contribution >= 0.6 is 0 Å². The molecule has 0 radical (unpaired) electrons. The topological polar surface area (TPSA) is 61.4 Å². The Hall–Kier alpha value is -2.66. The van der Waals surface area contributed by atoms with Crippen molar-refractivity contribution in [3.05, 3.63) is 58.7 Å². The third-order valence-electron chi connectivity index (χ3n) is 5.00. The lowest BCUT2D eigenvalue weighted by molar-refractivity contribution is -0.122. The Kier molecular flexibility index (Phi) is 7.35. The summed E-state index contributed by atoms with van der Waals surface area (Å²) in [5.41, 5.74) is 6.07. The van der Waals surface area contributed by atoms with Gasteiger partial charge in [-0.15, -0.1) is 0 Å². The van der Waals surface area contributed by atoms with Crippen LogP contribution in [0.1, 0.15) is 36.1 Å². The molecule has 1 atom stereocenters. The molecule has 0 spiro atoms. The molecule has 5 nitrogen and oxygen atoms in total. The van der Waals surface area contributed by atoms with Gasteiger partial charge in [-0.05, 0) is 70.0 Å². The summed E-state index contributed by atoms with van der Waals surface area (Å²) in [6.45, 7) is 10.0. The van der Waals surface area contributed by atoms with Crippen LogP contribution in [-0.4, -0.2) is 36.3 Å². The van der Waals surface area contributed by atoms with Gasteiger partial charge in [0, 0.05) is 11.4 Å². The van der Waals surface area contributed by atoms with E-state index in [1.165, 1.54) is 11.1 Å². The Morgan fingerprint density at radius 3 is 2.11 bits per heavy atom. The van der Waals surface area contributed by atoms with Crippen molar-refractivity contribution in [2.45, 2.75) is 47.1 Å². The van der Waals surface area contributed by atoms with E-state index in [2.05, 4.69) is 17.6 Å². The summed E-state index contributed by atoms with van der Waals surface area (Å²) in [5.74, 6) is -0.272. The molecule has 150 valence electrons. The minimum atomic E-state index is -0.434. The van der Waals surface area contributed by atoms with Gasteiger partial charge >= 0.3 is 0 Å². The van der Waals surface area contributed by atoms with E-state index in [-0.39, 0.29) is 18.4 Å². The van der Waals surface area contributed by atoms with Crippen molar-refractivity contribution in [3.8, 4) is 0 Å². The highest BCUT2D eigenvalue weighted by Gasteiger charge is 2.21. The molecule has 0 aromatic heterocycles. The fourth-order valence-electron chi connectivity index (χ4n) is 3.19. The largest absolute Gasteiger partial charge is 0.325 e. The van der Waals surface area contributed by atoms with Gasteiger partial charge in [0.1, 0.15) is 0 Å². The van der Waals surface area contributed by atoms with Gasteiger partial charge in [0.15, 0.2) is 0 Å². The molecule has 0 fully saturated rings. The van der Waals surface area contributed by atoms with E-state index in [4.69, 9.17) is 0 Å². The van der Waals surface area contributed by atoms with Crippen LogP contribution in [0.15, 0.2) is 36.4 Å². The summed E-state index contributed by atoms with van der Waals surface area (Å²) >= 11 is 0. The number of nitrogens with zero attached hydrogens (tertiary/aromatic N) is 1. The van der Waals surface area contributed by atoms with E-state index in [0.29, 0.717) is 0 Å². The van der Waals surface area contributed by atoms with Crippen LogP contribution in [-0.2, 0) is 16.0 Å². The van der Waals surface area contributed by atoms with Crippen molar-refractivity contribution < 1.29 is 9.59 Å². The zero-order valence-electron chi connectivity index (χ0n) is 17.7. The fourth-order valence-corrected chi connectivity index (χ4v) is 3.19. The Morgan fingerprint density at radius 2 is 1.57 bits per heavy atom. The average Bonchev–Trinajstić information content (AvgIpc) is 2.64. The molecule has 2 N–H and O–H groups in total. The Bertz CT molecular complexity index is 820. The van der Waals surface area contributed by atoms with E-state index < -0.39 is 6.04 Å². The maximum Gasteiger partial charge on any atom is 0.241 e. The van der Waals surface area contributed by atoms with Crippen molar-refractivity contribution in [2.24, 2.45) is 0 Å². The van der Waals surface area contributed by atoms with Crippen molar-refractivity contribution in [1.82, 2.24) is 4.90 Å². The van der Waals surface area contributed by atoms with Crippen molar-refractivity contribution in [2.75, 3.05) is 24.2 Å². The molecule has 0 bridgehead atoms. The molecule has 0 aliphatic rings. The smallest absolute Gasteiger partial charge is 0.241 e. The summed E-state index contributed by atoms with van der Waals surface area (Å²) in [6.07, 6.45) is 0.961. The van der Waals surface area contributed by atoms with Crippen LogP contribution in [0.2, 0.25) is 0 Å². The number of hydrogen-bond donors (Lipinski definition) is 2. The summed E-state index contributed by atoms with van der Waals surface area (Å²) < 4.78 is 0. The second-order valence-corrected chi connectivity index (χ2v) is 7.45. The van der Waals surface area contributed by atoms with Crippen LogP contribution < -0.4 is 10.6 Å². The summed E-state index contributed by atoms with van der Waals surface area (Å²) in [4.78, 5) is 26.7. The highest BCUT2D eigenvalue weighted by Crippen LogP contribution is 2.22. The SMILES string of the molecule is CCc1ccc(NC(=O)C(C)N(C)CC(=O)Nc2c(C)cc(C)cc2C)cc1. The molecular formula is C23H31N3O2. The molecule has 0 saturated heterocycles. The number of aryl methyl sites for hydroxylation is 4. The van der Waals surface area contributed by atoms with Gasteiger partial charge in [-0.2, -0.15) is 0 Å². The number of hydrogen-bond acceptors (Lipinski definition) is 3. The molecular weight excluding hydrogens is 350 g/mol. The van der Waals surface area contributed by atoms with E-state index in [1.807, 2.05) is 57.2 Å². The first-order chi connectivity index (χ1) is 13.2. The summed E-state index contributed by atoms with van der Waals surface area (Å²) in [5, 5.41) is 5.89. The number of nitrogens with one attached hydrogen (secondary N) is 2. The van der Waals surface area contributed by atoms with Crippen LogP contribution in [0.4, 0.5) is 11.4 Å². The van der Waals surface area contributed by atoms with Gasteiger partial charge in [0.2, 0.25) is 11.8 Å². The highest BCUT2D eigenvalue weighted by atomic mass is 16.2. The summed E-state index contributed by atoms with van der Waals surface area (Å²) in [7, 11) is 1.78. The lowest BCUT2D eigenvalue weighted by Crippen LogP contribution is -2.43. The number of rotatable bonds is 7. The first-order valence-corrected chi connectivity index (χ1v) is 9.69. The monoisotopic (exact) mass is 381 g/mol. The lowest BCUT2D eigenvalue weighted by Gasteiger charge is -2.24. The predicted molar refractivity (Wildman–Crippen MR) is 116 cm³/mol. The number of benzene rings is 2. The Balaban J connectivity index is 1.94. The molecule has 2 aromatic carbocycles.